The van der Waals surface area contributed by atoms with E-state index in [2.05, 4.69) is 10.3 Å². The van der Waals surface area contributed by atoms with Gasteiger partial charge in [-0.05, 0) is 33.6 Å². The molecule has 0 fully saturated rings. The summed E-state index contributed by atoms with van der Waals surface area (Å²) >= 11 is 0. The van der Waals surface area contributed by atoms with Gasteiger partial charge in [-0.15, -0.1) is 0 Å². The van der Waals surface area contributed by atoms with Crippen LogP contribution in [0, 0.1) is 5.92 Å². The molecule has 0 saturated heterocycles. The second kappa shape index (κ2) is 6.98. The van der Waals surface area contributed by atoms with Crippen molar-refractivity contribution in [2.24, 2.45) is 10.9 Å². The molecule has 1 rings (SSSR count). The van der Waals surface area contributed by atoms with Crippen molar-refractivity contribution in [1.82, 2.24) is 5.32 Å². The Morgan fingerprint density at radius 2 is 1.91 bits per heavy atom. The first kappa shape index (κ1) is 18.3. The van der Waals surface area contributed by atoms with Crippen molar-refractivity contribution in [2.75, 3.05) is 7.11 Å². The summed E-state index contributed by atoms with van der Waals surface area (Å²) in [6, 6.07) is -1.17. The number of carbonyl (C=O) groups is 2. The number of hydrogen-bond donors (Lipinski definition) is 1. The van der Waals surface area contributed by atoms with Crippen molar-refractivity contribution in [3.05, 3.63) is 0 Å². The third-order valence-electron chi connectivity index (χ3n) is 3.07. The number of rotatable bonds is 4. The molecule has 0 aromatic heterocycles. The number of hydrogen-bond acceptors (Lipinski definition) is 6. The van der Waals surface area contributed by atoms with E-state index in [1.165, 1.54) is 7.11 Å². The third kappa shape index (κ3) is 4.89. The second-order valence-electron chi connectivity index (χ2n) is 6.63. The van der Waals surface area contributed by atoms with Crippen LogP contribution in [-0.4, -0.2) is 48.9 Å². The summed E-state index contributed by atoms with van der Waals surface area (Å²) in [5, 5.41) is 2.74. The van der Waals surface area contributed by atoms with Crippen molar-refractivity contribution >= 4 is 18.0 Å². The first-order valence-electron chi connectivity index (χ1n) is 7.37. The zero-order valence-electron chi connectivity index (χ0n) is 14.3. The van der Waals surface area contributed by atoms with Crippen LogP contribution in [0.4, 0.5) is 4.79 Å². The van der Waals surface area contributed by atoms with E-state index >= 15 is 0 Å². The monoisotopic (exact) mass is 314 g/mol. The smallest absolute Gasteiger partial charge is 0.408 e. The molecule has 0 aliphatic carbocycles. The van der Waals surface area contributed by atoms with Crippen molar-refractivity contribution < 1.29 is 23.8 Å². The lowest BCUT2D eigenvalue weighted by atomic mass is 10.0. The van der Waals surface area contributed by atoms with Crippen LogP contribution >= 0.6 is 0 Å². The van der Waals surface area contributed by atoms with E-state index in [0.29, 0.717) is 5.90 Å². The number of nitrogens with zero attached hydrogens (tertiary/aromatic N) is 1. The molecule has 3 atom stereocenters. The predicted molar refractivity (Wildman–Crippen MR) is 81.8 cm³/mol. The third-order valence-corrected chi connectivity index (χ3v) is 3.07. The molecule has 0 bridgehead atoms. The standard InChI is InChI=1S/C15H26N2O5/c1-8(2)10(17-14(19)22-15(4,5)6)12-16-11(9(3)21-12)13(18)20-7/h8-11H,1-7H3,(H,17,19)/t9?,10-,11?/m0/s1. The summed E-state index contributed by atoms with van der Waals surface area (Å²) in [4.78, 5) is 27.9. The van der Waals surface area contributed by atoms with Crippen LogP contribution in [0.15, 0.2) is 4.99 Å². The fourth-order valence-corrected chi connectivity index (χ4v) is 1.99. The fourth-order valence-electron chi connectivity index (χ4n) is 1.99. The first-order valence-corrected chi connectivity index (χ1v) is 7.37. The molecule has 0 spiro atoms. The van der Waals surface area contributed by atoms with Crippen LogP contribution in [-0.2, 0) is 19.0 Å². The normalized spacial score (nSPS) is 22.6. The average molecular weight is 314 g/mol. The maximum absolute atomic E-state index is 11.9. The largest absolute Gasteiger partial charge is 0.474 e. The highest BCUT2D eigenvalue weighted by atomic mass is 16.6. The highest BCUT2D eigenvalue weighted by molar-refractivity contribution is 5.91. The van der Waals surface area contributed by atoms with Gasteiger partial charge in [0.25, 0.3) is 0 Å². The minimum absolute atomic E-state index is 0.0230. The lowest BCUT2D eigenvalue weighted by Gasteiger charge is -2.25. The van der Waals surface area contributed by atoms with E-state index in [9.17, 15) is 9.59 Å². The Hall–Kier alpha value is -1.79. The topological polar surface area (TPSA) is 86.2 Å². The van der Waals surface area contributed by atoms with E-state index in [4.69, 9.17) is 14.2 Å². The van der Waals surface area contributed by atoms with Crippen LogP contribution in [0.5, 0.6) is 0 Å². The highest BCUT2D eigenvalue weighted by Crippen LogP contribution is 2.20. The maximum Gasteiger partial charge on any atom is 0.408 e. The molecule has 1 aliphatic rings. The molecule has 1 aliphatic heterocycles. The van der Waals surface area contributed by atoms with Gasteiger partial charge in [0.1, 0.15) is 17.7 Å². The number of aliphatic imine (C=N–C) groups is 1. The molecular formula is C15H26N2O5. The molecule has 0 saturated carbocycles. The molecule has 22 heavy (non-hydrogen) atoms. The molecule has 126 valence electrons. The number of alkyl carbamates (subject to hydrolysis) is 1. The summed E-state index contributed by atoms with van der Waals surface area (Å²) in [6.07, 6.45) is -0.976. The van der Waals surface area contributed by atoms with Crippen LogP contribution in [0.25, 0.3) is 0 Å². The number of amides is 1. The van der Waals surface area contributed by atoms with Gasteiger partial charge in [0, 0.05) is 0 Å². The summed E-state index contributed by atoms with van der Waals surface area (Å²) in [7, 11) is 1.31. The Kier molecular flexibility index (Phi) is 5.79. The number of esters is 1. The van der Waals surface area contributed by atoms with Crippen molar-refractivity contribution in [1.29, 1.82) is 0 Å². The van der Waals surface area contributed by atoms with Crippen molar-refractivity contribution in [2.45, 2.75) is 65.3 Å². The zero-order chi connectivity index (χ0) is 17.1. The van der Waals surface area contributed by atoms with Crippen LogP contribution in [0.2, 0.25) is 0 Å². The van der Waals surface area contributed by atoms with E-state index in [1.54, 1.807) is 27.7 Å². The SMILES string of the molecule is COC(=O)C1N=C([C@@H](NC(=O)OC(C)(C)C)C(C)C)OC1C. The quantitative estimate of drug-likeness (QED) is 0.801. The van der Waals surface area contributed by atoms with Gasteiger partial charge in [-0.1, -0.05) is 13.8 Å². The first-order chi connectivity index (χ1) is 10.0. The van der Waals surface area contributed by atoms with Crippen molar-refractivity contribution in [3.8, 4) is 0 Å². The van der Waals surface area contributed by atoms with E-state index in [0.717, 1.165) is 0 Å². The number of methoxy groups -OCH3 is 1. The minimum Gasteiger partial charge on any atom is -0.474 e. The predicted octanol–water partition coefficient (Wildman–Crippen LogP) is 1.89. The highest BCUT2D eigenvalue weighted by Gasteiger charge is 2.38. The van der Waals surface area contributed by atoms with Gasteiger partial charge in [0.15, 0.2) is 6.04 Å². The van der Waals surface area contributed by atoms with Crippen LogP contribution < -0.4 is 5.32 Å². The second-order valence-corrected chi connectivity index (χ2v) is 6.63. The Bertz CT molecular complexity index is 453. The molecule has 1 amide bonds. The van der Waals surface area contributed by atoms with Gasteiger partial charge < -0.3 is 19.5 Å². The Morgan fingerprint density at radius 1 is 1.32 bits per heavy atom. The Labute approximate surface area is 131 Å². The lowest BCUT2D eigenvalue weighted by molar-refractivity contribution is -0.143. The fraction of sp³-hybridized carbons (Fsp3) is 0.800. The van der Waals surface area contributed by atoms with Gasteiger partial charge in [-0.3, -0.25) is 0 Å². The van der Waals surface area contributed by atoms with E-state index < -0.39 is 35.9 Å². The van der Waals surface area contributed by atoms with Gasteiger partial charge in [-0.25, -0.2) is 14.6 Å². The molecule has 2 unspecified atom stereocenters. The van der Waals surface area contributed by atoms with Gasteiger partial charge in [-0.2, -0.15) is 0 Å². The van der Waals surface area contributed by atoms with Crippen LogP contribution in [0.1, 0.15) is 41.5 Å². The summed E-state index contributed by atoms with van der Waals surface area (Å²) in [5.41, 5.74) is -0.591. The maximum atomic E-state index is 11.9. The molecular weight excluding hydrogens is 288 g/mol. The molecule has 0 radical (unpaired) electrons. The van der Waals surface area contributed by atoms with Gasteiger partial charge >= 0.3 is 12.1 Å². The molecule has 1 N–H and O–H groups in total. The average Bonchev–Trinajstić information content (AvgIpc) is 2.74. The molecule has 1 heterocycles. The Balaban J connectivity index is 2.84. The van der Waals surface area contributed by atoms with E-state index in [-0.39, 0.29) is 5.92 Å². The number of carbonyl (C=O) groups excluding carboxylic acids is 2. The Morgan fingerprint density at radius 3 is 2.36 bits per heavy atom. The number of nitrogens with one attached hydrogen (secondary N) is 1. The summed E-state index contributed by atoms with van der Waals surface area (Å²) < 4.78 is 15.6. The molecule has 0 aromatic rings. The number of ether oxygens (including phenoxy) is 3. The lowest BCUT2D eigenvalue weighted by Crippen LogP contribution is -2.46. The molecule has 7 heteroatoms. The van der Waals surface area contributed by atoms with Gasteiger partial charge in [0.2, 0.25) is 5.90 Å². The van der Waals surface area contributed by atoms with Gasteiger partial charge in [0.05, 0.1) is 7.11 Å². The summed E-state index contributed by atoms with van der Waals surface area (Å²) in [5.74, 6) is -0.110. The van der Waals surface area contributed by atoms with Crippen molar-refractivity contribution in [3.63, 3.8) is 0 Å². The minimum atomic E-state index is -0.707. The molecule has 7 nitrogen and oxygen atoms in total. The zero-order valence-corrected chi connectivity index (χ0v) is 14.3. The summed E-state index contributed by atoms with van der Waals surface area (Å²) in [6.45, 7) is 10.9. The van der Waals surface area contributed by atoms with E-state index in [1.807, 2.05) is 13.8 Å². The van der Waals surface area contributed by atoms with Crippen LogP contribution in [0.3, 0.4) is 0 Å². The molecule has 0 aromatic carbocycles.